The monoisotopic (exact) mass is 338 g/mol. The smallest absolute Gasteiger partial charge is 0.251 e. The van der Waals surface area contributed by atoms with Gasteiger partial charge in [0.2, 0.25) is 0 Å². The molecule has 2 N–H and O–H groups in total. The van der Waals surface area contributed by atoms with E-state index in [1.165, 1.54) is 0 Å². The number of aromatic nitrogens is 5. The number of carbonyl (C=O) groups excluding carboxylic acids is 1. The van der Waals surface area contributed by atoms with Crippen molar-refractivity contribution in [1.29, 1.82) is 0 Å². The first-order valence-corrected chi connectivity index (χ1v) is 8.43. The molecule has 1 unspecified atom stereocenters. The lowest BCUT2D eigenvalue weighted by atomic mass is 10.1. The number of nitrogens with one attached hydrogen (secondary N) is 2. The number of hydrogen-bond acceptors (Lipinski definition) is 4. The van der Waals surface area contributed by atoms with Crippen LogP contribution < -0.4 is 5.32 Å². The Bertz CT molecular complexity index is 806. The standard InChI is InChI=1S/C18H22N6O/c1-3-16-21-17(23-22-16)14-5-7-15(8-6-14)18(25)19-11-13(2)12-24-10-4-9-20-24/h4-10,13H,3,11-12H2,1-2H3,(H,19,25)(H,21,22,23). The van der Waals surface area contributed by atoms with Crippen LogP contribution in [-0.4, -0.2) is 37.4 Å². The predicted molar refractivity (Wildman–Crippen MR) is 94.9 cm³/mol. The van der Waals surface area contributed by atoms with Crippen LogP contribution in [-0.2, 0) is 13.0 Å². The average molecular weight is 338 g/mol. The van der Waals surface area contributed by atoms with Crippen LogP contribution in [0.1, 0.15) is 30.0 Å². The van der Waals surface area contributed by atoms with Crippen molar-refractivity contribution in [3.8, 4) is 11.4 Å². The molecule has 3 rings (SSSR count). The minimum Gasteiger partial charge on any atom is -0.352 e. The van der Waals surface area contributed by atoms with Gasteiger partial charge in [0.25, 0.3) is 5.91 Å². The van der Waals surface area contributed by atoms with Crippen LogP contribution in [0, 0.1) is 5.92 Å². The highest BCUT2D eigenvalue weighted by atomic mass is 16.1. The Labute approximate surface area is 146 Å². The lowest BCUT2D eigenvalue weighted by Crippen LogP contribution is -2.30. The number of H-pyrrole nitrogens is 1. The molecule has 0 radical (unpaired) electrons. The molecule has 0 fully saturated rings. The molecule has 1 amide bonds. The van der Waals surface area contributed by atoms with Crippen molar-refractivity contribution in [2.24, 2.45) is 5.92 Å². The first kappa shape index (κ1) is 16.9. The topological polar surface area (TPSA) is 88.5 Å². The molecule has 0 aliphatic heterocycles. The van der Waals surface area contributed by atoms with E-state index in [9.17, 15) is 4.79 Å². The van der Waals surface area contributed by atoms with Gasteiger partial charge >= 0.3 is 0 Å². The molecular weight excluding hydrogens is 316 g/mol. The minimum atomic E-state index is -0.0805. The maximum absolute atomic E-state index is 12.3. The van der Waals surface area contributed by atoms with E-state index in [2.05, 4.69) is 32.5 Å². The van der Waals surface area contributed by atoms with Crippen LogP contribution in [0.3, 0.4) is 0 Å². The van der Waals surface area contributed by atoms with Crippen molar-refractivity contribution in [3.63, 3.8) is 0 Å². The quantitative estimate of drug-likeness (QED) is 0.692. The number of benzene rings is 1. The first-order chi connectivity index (χ1) is 12.2. The molecular formula is C18H22N6O. The Morgan fingerprint density at radius 1 is 1.32 bits per heavy atom. The fourth-order valence-corrected chi connectivity index (χ4v) is 2.51. The van der Waals surface area contributed by atoms with E-state index in [0.29, 0.717) is 23.9 Å². The molecule has 0 bridgehead atoms. The van der Waals surface area contributed by atoms with E-state index in [4.69, 9.17) is 0 Å². The maximum atomic E-state index is 12.3. The van der Waals surface area contributed by atoms with Crippen LogP contribution in [0.5, 0.6) is 0 Å². The molecule has 0 saturated carbocycles. The van der Waals surface area contributed by atoms with E-state index in [1.54, 1.807) is 18.3 Å². The van der Waals surface area contributed by atoms with Gasteiger partial charge < -0.3 is 5.32 Å². The van der Waals surface area contributed by atoms with Crippen molar-refractivity contribution in [2.75, 3.05) is 6.54 Å². The number of rotatable bonds is 7. The number of aryl methyl sites for hydroxylation is 1. The summed E-state index contributed by atoms with van der Waals surface area (Å²) in [5.74, 6) is 1.71. The molecule has 1 atom stereocenters. The van der Waals surface area contributed by atoms with Crippen molar-refractivity contribution < 1.29 is 4.79 Å². The van der Waals surface area contributed by atoms with E-state index < -0.39 is 0 Å². The predicted octanol–water partition coefficient (Wildman–Crippen LogP) is 2.30. The molecule has 7 heteroatoms. The summed E-state index contributed by atoms with van der Waals surface area (Å²) in [5.41, 5.74) is 1.51. The molecule has 2 aromatic heterocycles. The SMILES string of the molecule is CCc1nc(-c2ccc(C(=O)NCC(C)Cn3cccn3)cc2)n[nH]1. The number of hydrogen-bond donors (Lipinski definition) is 2. The lowest BCUT2D eigenvalue weighted by Gasteiger charge is -2.13. The van der Waals surface area contributed by atoms with Gasteiger partial charge in [-0.05, 0) is 24.1 Å². The zero-order valence-corrected chi connectivity index (χ0v) is 14.4. The highest BCUT2D eigenvalue weighted by molar-refractivity contribution is 5.94. The van der Waals surface area contributed by atoms with Gasteiger partial charge in [0.1, 0.15) is 5.82 Å². The molecule has 0 aliphatic rings. The maximum Gasteiger partial charge on any atom is 0.251 e. The van der Waals surface area contributed by atoms with E-state index in [-0.39, 0.29) is 5.91 Å². The summed E-state index contributed by atoms with van der Waals surface area (Å²) in [6.07, 6.45) is 4.48. The fourth-order valence-electron chi connectivity index (χ4n) is 2.51. The van der Waals surface area contributed by atoms with Crippen LogP contribution in [0.2, 0.25) is 0 Å². The summed E-state index contributed by atoms with van der Waals surface area (Å²) >= 11 is 0. The van der Waals surface area contributed by atoms with Gasteiger partial charge in [-0.25, -0.2) is 4.98 Å². The first-order valence-electron chi connectivity index (χ1n) is 8.43. The largest absolute Gasteiger partial charge is 0.352 e. The third-order valence-corrected chi connectivity index (χ3v) is 3.94. The molecule has 0 aliphatic carbocycles. The second-order valence-corrected chi connectivity index (χ2v) is 6.08. The number of amides is 1. The second-order valence-electron chi connectivity index (χ2n) is 6.08. The normalized spacial score (nSPS) is 12.1. The third-order valence-electron chi connectivity index (χ3n) is 3.94. The zero-order valence-electron chi connectivity index (χ0n) is 14.4. The average Bonchev–Trinajstić information content (AvgIpc) is 3.31. The minimum absolute atomic E-state index is 0.0805. The molecule has 0 spiro atoms. The van der Waals surface area contributed by atoms with Crippen LogP contribution in [0.4, 0.5) is 0 Å². The molecule has 2 heterocycles. The molecule has 130 valence electrons. The van der Waals surface area contributed by atoms with Crippen molar-refractivity contribution >= 4 is 5.91 Å². The Hall–Kier alpha value is -2.96. The number of aromatic amines is 1. The fraction of sp³-hybridized carbons (Fsp3) is 0.333. The van der Waals surface area contributed by atoms with E-state index in [0.717, 1.165) is 24.4 Å². The van der Waals surface area contributed by atoms with Gasteiger partial charge in [-0.2, -0.15) is 10.2 Å². The van der Waals surface area contributed by atoms with Crippen LogP contribution in [0.25, 0.3) is 11.4 Å². The number of nitrogens with zero attached hydrogens (tertiary/aromatic N) is 4. The van der Waals surface area contributed by atoms with Gasteiger partial charge in [0.05, 0.1) is 0 Å². The molecule has 25 heavy (non-hydrogen) atoms. The van der Waals surface area contributed by atoms with E-state index >= 15 is 0 Å². The summed E-state index contributed by atoms with van der Waals surface area (Å²) in [5, 5.41) is 14.2. The third kappa shape index (κ3) is 4.32. The second kappa shape index (κ2) is 7.74. The summed E-state index contributed by atoms with van der Waals surface area (Å²) in [6, 6.07) is 9.22. The van der Waals surface area contributed by atoms with Gasteiger partial charge in [-0.1, -0.05) is 26.0 Å². The molecule has 7 nitrogen and oxygen atoms in total. The Kier molecular flexibility index (Phi) is 5.23. The highest BCUT2D eigenvalue weighted by Crippen LogP contribution is 2.15. The van der Waals surface area contributed by atoms with Gasteiger partial charge in [0.15, 0.2) is 5.82 Å². The highest BCUT2D eigenvalue weighted by Gasteiger charge is 2.10. The van der Waals surface area contributed by atoms with Gasteiger partial charge in [-0.3, -0.25) is 14.6 Å². The number of carbonyl (C=O) groups is 1. The molecule has 1 aromatic carbocycles. The molecule has 0 saturated heterocycles. The van der Waals surface area contributed by atoms with Gasteiger partial charge in [-0.15, -0.1) is 0 Å². The van der Waals surface area contributed by atoms with Crippen molar-refractivity contribution in [2.45, 2.75) is 26.8 Å². The van der Waals surface area contributed by atoms with E-state index in [1.807, 2.05) is 36.0 Å². The molecule has 3 aromatic rings. The lowest BCUT2D eigenvalue weighted by molar-refractivity contribution is 0.0946. The summed E-state index contributed by atoms with van der Waals surface area (Å²) in [7, 11) is 0. The summed E-state index contributed by atoms with van der Waals surface area (Å²) in [4.78, 5) is 16.7. The van der Waals surface area contributed by atoms with Crippen LogP contribution >= 0.6 is 0 Å². The Morgan fingerprint density at radius 2 is 2.12 bits per heavy atom. The Balaban J connectivity index is 1.55. The summed E-state index contributed by atoms with van der Waals surface area (Å²) < 4.78 is 1.87. The summed E-state index contributed by atoms with van der Waals surface area (Å²) in [6.45, 7) is 5.47. The van der Waals surface area contributed by atoms with Crippen LogP contribution in [0.15, 0.2) is 42.7 Å². The van der Waals surface area contributed by atoms with Gasteiger partial charge in [0, 0.05) is 43.0 Å². The van der Waals surface area contributed by atoms with Crippen molar-refractivity contribution in [3.05, 3.63) is 54.1 Å². The zero-order chi connectivity index (χ0) is 17.6. The van der Waals surface area contributed by atoms with Crippen molar-refractivity contribution in [1.82, 2.24) is 30.3 Å². The Morgan fingerprint density at radius 3 is 2.76 bits per heavy atom.